The summed E-state index contributed by atoms with van der Waals surface area (Å²) in [6, 6.07) is 5.32. The van der Waals surface area contributed by atoms with Crippen LogP contribution in [0.3, 0.4) is 0 Å². The number of urea groups is 1. The molecule has 1 aliphatic heterocycles. The third-order valence-electron chi connectivity index (χ3n) is 4.53. The van der Waals surface area contributed by atoms with Gasteiger partial charge in [-0.15, -0.1) is 5.10 Å². The topological polar surface area (TPSA) is 111 Å². The first-order valence-electron chi connectivity index (χ1n) is 9.41. The maximum atomic E-state index is 12.5. The number of hydrogen-bond donors (Lipinski definition) is 2. The molecule has 2 aromatic rings. The Morgan fingerprint density at radius 3 is 2.83 bits per heavy atom. The van der Waals surface area contributed by atoms with E-state index in [9.17, 15) is 9.59 Å². The average Bonchev–Trinajstić information content (AvgIpc) is 3.16. The largest absolute Gasteiger partial charge is 0.463 e. The summed E-state index contributed by atoms with van der Waals surface area (Å²) in [5.74, 6) is -0.111. The van der Waals surface area contributed by atoms with Crippen LogP contribution in [0.5, 0.6) is 0 Å². The van der Waals surface area contributed by atoms with Crippen molar-refractivity contribution in [3.05, 3.63) is 40.6 Å². The maximum absolute atomic E-state index is 12.5. The van der Waals surface area contributed by atoms with Crippen molar-refractivity contribution in [1.29, 1.82) is 0 Å². The number of rotatable bonds is 7. The van der Waals surface area contributed by atoms with Crippen LogP contribution in [0.25, 0.3) is 5.69 Å². The predicted octanol–water partition coefficient (Wildman–Crippen LogP) is 2.28. The van der Waals surface area contributed by atoms with E-state index >= 15 is 0 Å². The number of nitrogens with one attached hydrogen (secondary N) is 2. The van der Waals surface area contributed by atoms with Crippen LogP contribution in [0.1, 0.15) is 31.4 Å². The van der Waals surface area contributed by atoms with Gasteiger partial charge in [0.1, 0.15) is 0 Å². The van der Waals surface area contributed by atoms with Crippen molar-refractivity contribution in [3.63, 3.8) is 0 Å². The van der Waals surface area contributed by atoms with Crippen LogP contribution in [0.15, 0.2) is 34.6 Å². The number of carbonyl (C=O) groups excluding carboxylic acids is 2. The molecular formula is C19H24N6O3S. The zero-order valence-electron chi connectivity index (χ0n) is 16.9. The molecule has 2 N–H and O–H groups in total. The van der Waals surface area contributed by atoms with Crippen molar-refractivity contribution in [2.75, 3.05) is 12.4 Å². The van der Waals surface area contributed by atoms with Crippen molar-refractivity contribution in [2.45, 2.75) is 45.3 Å². The molecule has 3 rings (SSSR count). The zero-order chi connectivity index (χ0) is 21.0. The fourth-order valence-electron chi connectivity index (χ4n) is 3.08. The normalized spacial score (nSPS) is 16.4. The number of amides is 2. The first kappa shape index (κ1) is 20.8. The molecule has 0 radical (unpaired) electrons. The summed E-state index contributed by atoms with van der Waals surface area (Å²) in [7, 11) is 0. The first-order chi connectivity index (χ1) is 13.9. The molecule has 1 atom stereocenters. The Balaban J connectivity index is 1.89. The molecule has 0 saturated carbocycles. The summed E-state index contributed by atoms with van der Waals surface area (Å²) in [4.78, 5) is 24.5. The summed E-state index contributed by atoms with van der Waals surface area (Å²) in [5, 5.41) is 18.1. The highest BCUT2D eigenvalue weighted by Crippen LogP contribution is 2.26. The number of ether oxygens (including phenoxy) is 1. The van der Waals surface area contributed by atoms with Gasteiger partial charge in [0, 0.05) is 11.4 Å². The van der Waals surface area contributed by atoms with Gasteiger partial charge < -0.3 is 15.4 Å². The smallest absolute Gasteiger partial charge is 0.337 e. The predicted molar refractivity (Wildman–Crippen MR) is 109 cm³/mol. The van der Waals surface area contributed by atoms with E-state index in [-0.39, 0.29) is 12.6 Å². The van der Waals surface area contributed by atoms with E-state index in [0.29, 0.717) is 28.6 Å². The fourth-order valence-corrected chi connectivity index (χ4v) is 3.93. The lowest BCUT2D eigenvalue weighted by Gasteiger charge is -2.28. The SMILES string of the molecule is CCOC(=O)C1=C(CSc2nnnn2-c2cc(C)ccc2C)NC(=O)NC1CC. The van der Waals surface area contributed by atoms with Gasteiger partial charge in [-0.2, -0.15) is 4.68 Å². The molecule has 154 valence electrons. The minimum atomic E-state index is -0.434. The van der Waals surface area contributed by atoms with Gasteiger partial charge in [0.15, 0.2) is 0 Å². The van der Waals surface area contributed by atoms with Crippen LogP contribution in [0.2, 0.25) is 0 Å². The van der Waals surface area contributed by atoms with E-state index in [2.05, 4.69) is 26.2 Å². The molecule has 9 nitrogen and oxygen atoms in total. The first-order valence-corrected chi connectivity index (χ1v) is 10.4. The molecule has 2 heterocycles. The van der Waals surface area contributed by atoms with E-state index in [4.69, 9.17) is 4.74 Å². The lowest BCUT2D eigenvalue weighted by atomic mass is 10.0. The molecule has 1 aromatic heterocycles. The molecule has 0 bridgehead atoms. The van der Waals surface area contributed by atoms with E-state index in [0.717, 1.165) is 16.8 Å². The molecule has 1 aliphatic rings. The highest BCUT2D eigenvalue weighted by Gasteiger charge is 2.31. The van der Waals surface area contributed by atoms with Crippen LogP contribution in [0.4, 0.5) is 4.79 Å². The van der Waals surface area contributed by atoms with E-state index in [1.165, 1.54) is 11.8 Å². The van der Waals surface area contributed by atoms with Gasteiger partial charge in [0.2, 0.25) is 5.16 Å². The molecular weight excluding hydrogens is 392 g/mol. The van der Waals surface area contributed by atoms with Crippen molar-refractivity contribution < 1.29 is 14.3 Å². The molecule has 0 aliphatic carbocycles. The van der Waals surface area contributed by atoms with Crippen LogP contribution in [-0.2, 0) is 9.53 Å². The summed E-state index contributed by atoms with van der Waals surface area (Å²) in [6.45, 7) is 7.91. The summed E-state index contributed by atoms with van der Waals surface area (Å²) >= 11 is 1.34. The third-order valence-corrected chi connectivity index (χ3v) is 5.47. The lowest BCUT2D eigenvalue weighted by Crippen LogP contribution is -2.50. The third kappa shape index (κ3) is 4.58. The molecule has 0 saturated heterocycles. The van der Waals surface area contributed by atoms with Gasteiger partial charge in [-0.3, -0.25) is 0 Å². The number of nitrogens with zero attached hydrogens (tertiary/aromatic N) is 4. The molecule has 29 heavy (non-hydrogen) atoms. The summed E-state index contributed by atoms with van der Waals surface area (Å²) in [6.07, 6.45) is 0.579. The van der Waals surface area contributed by atoms with Crippen molar-refractivity contribution in [2.24, 2.45) is 0 Å². The fraction of sp³-hybridized carbons (Fsp3) is 0.421. The Kier molecular flexibility index (Phi) is 6.53. The van der Waals surface area contributed by atoms with Gasteiger partial charge >= 0.3 is 12.0 Å². The number of esters is 1. The average molecular weight is 417 g/mol. The van der Waals surface area contributed by atoms with Crippen LogP contribution < -0.4 is 10.6 Å². The number of benzene rings is 1. The van der Waals surface area contributed by atoms with Gasteiger partial charge in [0.25, 0.3) is 0 Å². The van der Waals surface area contributed by atoms with E-state index in [1.54, 1.807) is 11.6 Å². The molecule has 1 unspecified atom stereocenters. The van der Waals surface area contributed by atoms with Crippen molar-refractivity contribution >= 4 is 23.8 Å². The summed E-state index contributed by atoms with van der Waals surface area (Å²) in [5.41, 5.74) is 3.97. The lowest BCUT2D eigenvalue weighted by molar-refractivity contribution is -0.139. The molecule has 1 aromatic carbocycles. The second-order valence-corrected chi connectivity index (χ2v) is 7.57. The summed E-state index contributed by atoms with van der Waals surface area (Å²) < 4.78 is 6.86. The number of aryl methyl sites for hydroxylation is 2. The number of carbonyl (C=O) groups is 2. The Bertz CT molecular complexity index is 955. The Morgan fingerprint density at radius 2 is 2.10 bits per heavy atom. The number of tetrazole rings is 1. The monoisotopic (exact) mass is 416 g/mol. The van der Waals surface area contributed by atoms with Gasteiger partial charge in [-0.25, -0.2) is 9.59 Å². The van der Waals surface area contributed by atoms with Gasteiger partial charge in [-0.1, -0.05) is 30.8 Å². The molecule has 2 amide bonds. The quantitative estimate of drug-likeness (QED) is 0.526. The minimum absolute atomic E-state index is 0.262. The Hall–Kier alpha value is -2.88. The molecule has 10 heteroatoms. The second kappa shape index (κ2) is 9.08. The Labute approximate surface area is 173 Å². The Morgan fingerprint density at radius 1 is 1.31 bits per heavy atom. The zero-order valence-corrected chi connectivity index (χ0v) is 17.7. The highest BCUT2D eigenvalue weighted by atomic mass is 32.2. The van der Waals surface area contributed by atoms with Gasteiger partial charge in [-0.05, 0) is 54.8 Å². The standard InChI is InChI=1S/C19H24N6O3S/c1-5-13-16(17(26)28-6-2)14(21-18(27)20-13)10-29-19-22-23-24-25(19)15-9-11(3)7-8-12(15)4/h7-9,13H,5-6,10H2,1-4H3,(H2,20,21,27). The second-order valence-electron chi connectivity index (χ2n) is 6.62. The van der Waals surface area contributed by atoms with Crippen LogP contribution in [0, 0.1) is 13.8 Å². The maximum Gasteiger partial charge on any atom is 0.337 e. The van der Waals surface area contributed by atoms with Crippen molar-refractivity contribution in [1.82, 2.24) is 30.8 Å². The number of hydrogen-bond acceptors (Lipinski definition) is 7. The number of aromatic nitrogens is 4. The molecule has 0 fully saturated rings. The van der Waals surface area contributed by atoms with Crippen LogP contribution >= 0.6 is 11.8 Å². The molecule has 0 spiro atoms. The minimum Gasteiger partial charge on any atom is -0.463 e. The van der Waals surface area contributed by atoms with Crippen LogP contribution in [-0.4, -0.2) is 50.6 Å². The number of thioether (sulfide) groups is 1. The highest BCUT2D eigenvalue weighted by molar-refractivity contribution is 7.99. The van der Waals surface area contributed by atoms with Gasteiger partial charge in [0.05, 0.1) is 23.9 Å². The van der Waals surface area contributed by atoms with E-state index in [1.807, 2.05) is 39.0 Å². The van der Waals surface area contributed by atoms with Crippen molar-refractivity contribution in [3.8, 4) is 5.69 Å². The van der Waals surface area contributed by atoms with E-state index < -0.39 is 12.0 Å².